The van der Waals surface area contributed by atoms with Crippen molar-refractivity contribution in [2.75, 3.05) is 6.61 Å². The van der Waals surface area contributed by atoms with Gasteiger partial charge in [-0.15, -0.1) is 6.58 Å². The first kappa shape index (κ1) is 29.8. The van der Waals surface area contributed by atoms with Crippen molar-refractivity contribution in [3.05, 3.63) is 42.5 Å². The molecule has 1 N–H and O–H groups in total. The molecule has 0 atom stereocenters. The Morgan fingerprint density at radius 1 is 1.00 bits per heavy atom. The summed E-state index contributed by atoms with van der Waals surface area (Å²) in [6, 6.07) is 7.27. The van der Waals surface area contributed by atoms with Gasteiger partial charge in [0.1, 0.15) is 5.75 Å². The Kier molecular flexibility index (Phi) is 21.2. The molecule has 0 saturated carbocycles. The van der Waals surface area contributed by atoms with Crippen molar-refractivity contribution in [2.45, 2.75) is 77.6 Å². The summed E-state index contributed by atoms with van der Waals surface area (Å²) in [5, 5.41) is 9.19. The molecule has 7 heteroatoms. The fourth-order valence-electron chi connectivity index (χ4n) is 2.59. The van der Waals surface area contributed by atoms with E-state index in [2.05, 4.69) is 17.7 Å². The molecule has 0 aliphatic rings. The van der Waals surface area contributed by atoms with E-state index >= 15 is 0 Å². The van der Waals surface area contributed by atoms with E-state index < -0.39 is 10.4 Å². The molecule has 1 rings (SSSR count). The maximum atomic E-state index is 10.1. The Hall–Kier alpha value is -0.370. The Morgan fingerprint density at radius 2 is 1.50 bits per heavy atom. The molecule has 0 spiro atoms. The monoisotopic (exact) mass is 422 g/mol. The predicted octanol–water partition coefficient (Wildman–Crippen LogP) is 2.51. The van der Waals surface area contributed by atoms with Gasteiger partial charge >= 0.3 is 29.6 Å². The number of para-hydroxylation sites is 1. The van der Waals surface area contributed by atoms with E-state index in [1.807, 2.05) is 18.2 Å². The van der Waals surface area contributed by atoms with Gasteiger partial charge in [-0.3, -0.25) is 4.18 Å². The van der Waals surface area contributed by atoms with Crippen molar-refractivity contribution in [2.24, 2.45) is 0 Å². The van der Waals surface area contributed by atoms with Crippen LogP contribution in [0.2, 0.25) is 0 Å². The summed E-state index contributed by atoms with van der Waals surface area (Å²) in [6.45, 7) is 5.83. The third kappa shape index (κ3) is 20.4. The van der Waals surface area contributed by atoms with Gasteiger partial charge in [0.05, 0.1) is 6.61 Å². The molecule has 0 radical (unpaired) electrons. The molecule has 5 nitrogen and oxygen atoms in total. The van der Waals surface area contributed by atoms with Crippen molar-refractivity contribution in [1.29, 1.82) is 0 Å². The Labute approximate surface area is 193 Å². The summed E-state index contributed by atoms with van der Waals surface area (Å²) in [4.78, 5) is 0. The fourth-order valence-corrected chi connectivity index (χ4v) is 2.91. The van der Waals surface area contributed by atoms with Crippen LogP contribution < -0.4 is 29.6 Å². The fraction of sp³-hybridized carbons (Fsp3) is 0.619. The first-order valence-electron chi connectivity index (χ1n) is 9.88. The minimum atomic E-state index is -4.48. The third-order valence-electron chi connectivity index (χ3n) is 4.08. The first-order valence-corrected chi connectivity index (χ1v) is 11.2. The molecule has 0 unspecified atom stereocenters. The van der Waals surface area contributed by atoms with Gasteiger partial charge in [-0.05, 0) is 24.5 Å². The molecule has 0 bridgehead atoms. The number of hydrogen-bond donors (Lipinski definition) is 1. The molecule has 1 aromatic rings. The van der Waals surface area contributed by atoms with Crippen LogP contribution in [-0.2, 0) is 21.0 Å². The second-order valence-corrected chi connectivity index (χ2v) is 7.59. The van der Waals surface area contributed by atoms with Gasteiger partial charge in [-0.2, -0.15) is 0 Å². The quantitative estimate of drug-likeness (QED) is 0.164. The molecule has 0 aromatic heterocycles. The van der Waals surface area contributed by atoms with E-state index in [4.69, 9.17) is 0 Å². The van der Waals surface area contributed by atoms with Gasteiger partial charge in [0.25, 0.3) is 0 Å². The second-order valence-electron chi connectivity index (χ2n) is 6.53. The van der Waals surface area contributed by atoms with Crippen LogP contribution in [-0.4, -0.2) is 24.7 Å². The molecular formula is C21H35NaO5S. The van der Waals surface area contributed by atoms with Gasteiger partial charge in [0.2, 0.25) is 10.4 Å². The van der Waals surface area contributed by atoms with E-state index in [1.165, 1.54) is 44.9 Å². The molecule has 0 aliphatic carbocycles. The van der Waals surface area contributed by atoms with Crippen LogP contribution in [0.25, 0.3) is 0 Å². The SMILES string of the molecule is C=CCc1ccccc1O.CCCCCCCCCCCCOS(=O)(=O)[O-].[Na+]. The van der Waals surface area contributed by atoms with Gasteiger partial charge < -0.3 is 9.66 Å². The number of aromatic hydroxyl groups is 1. The summed E-state index contributed by atoms with van der Waals surface area (Å²) >= 11 is 0. The number of hydrogen-bond acceptors (Lipinski definition) is 5. The average molecular weight is 423 g/mol. The number of phenolic OH excluding ortho intramolecular Hbond substituents is 1. The molecule has 0 saturated heterocycles. The van der Waals surface area contributed by atoms with Crippen molar-refractivity contribution in [3.63, 3.8) is 0 Å². The Balaban J connectivity index is 0. The molecule has 1 aromatic carbocycles. The first-order chi connectivity index (χ1) is 12.9. The van der Waals surface area contributed by atoms with Crippen LogP contribution in [0.5, 0.6) is 5.75 Å². The molecule has 0 aliphatic heterocycles. The van der Waals surface area contributed by atoms with Crippen molar-refractivity contribution < 1.29 is 51.8 Å². The molecule has 0 heterocycles. The topological polar surface area (TPSA) is 86.7 Å². The van der Waals surface area contributed by atoms with Crippen LogP contribution in [0.3, 0.4) is 0 Å². The summed E-state index contributed by atoms with van der Waals surface area (Å²) < 4.78 is 34.5. The van der Waals surface area contributed by atoms with E-state index in [0.717, 1.165) is 24.8 Å². The van der Waals surface area contributed by atoms with Crippen molar-refractivity contribution >= 4 is 10.4 Å². The van der Waals surface area contributed by atoms with E-state index in [9.17, 15) is 18.1 Å². The van der Waals surface area contributed by atoms with Crippen LogP contribution in [0.15, 0.2) is 36.9 Å². The summed E-state index contributed by atoms with van der Waals surface area (Å²) in [5.74, 6) is 0.349. The molecule has 0 fully saturated rings. The van der Waals surface area contributed by atoms with Crippen LogP contribution in [0.4, 0.5) is 0 Å². The normalized spacial score (nSPS) is 10.5. The number of rotatable bonds is 14. The molecule has 28 heavy (non-hydrogen) atoms. The zero-order valence-corrected chi connectivity index (χ0v) is 20.4. The summed E-state index contributed by atoms with van der Waals surface area (Å²) in [5.41, 5.74) is 0.928. The van der Waals surface area contributed by atoms with Gasteiger partial charge in [0, 0.05) is 0 Å². The number of unbranched alkanes of at least 4 members (excludes halogenated alkanes) is 9. The zero-order valence-electron chi connectivity index (χ0n) is 17.6. The minimum absolute atomic E-state index is 0. The molecule has 156 valence electrons. The van der Waals surface area contributed by atoms with E-state index in [0.29, 0.717) is 12.2 Å². The number of benzene rings is 1. The number of allylic oxidation sites excluding steroid dienone is 1. The Bertz CT molecular complexity index is 590. The van der Waals surface area contributed by atoms with Crippen LogP contribution in [0.1, 0.15) is 76.7 Å². The van der Waals surface area contributed by atoms with Gasteiger partial charge in [0.15, 0.2) is 0 Å². The van der Waals surface area contributed by atoms with Crippen LogP contribution >= 0.6 is 0 Å². The smallest absolute Gasteiger partial charge is 0.726 e. The summed E-state index contributed by atoms with van der Waals surface area (Å²) in [6.07, 6.45) is 14.2. The minimum Gasteiger partial charge on any atom is -0.726 e. The maximum Gasteiger partial charge on any atom is 1.00 e. The van der Waals surface area contributed by atoms with Crippen molar-refractivity contribution in [3.8, 4) is 5.75 Å². The summed E-state index contributed by atoms with van der Waals surface area (Å²) in [7, 11) is -4.48. The maximum absolute atomic E-state index is 10.1. The third-order valence-corrected chi connectivity index (χ3v) is 4.54. The van der Waals surface area contributed by atoms with E-state index in [-0.39, 0.29) is 36.2 Å². The van der Waals surface area contributed by atoms with E-state index in [1.54, 1.807) is 12.1 Å². The number of phenols is 1. The standard InChI is InChI=1S/C12H26O4S.C9H10O.Na/c1-2-3-4-5-6-7-8-9-10-11-12-16-17(13,14)15;1-2-5-8-6-3-4-7-9(8)10;/h2-12H2,1H3,(H,13,14,15);2-4,6-7,10H,1,5H2;/q;;+1/p-1. The molecular weight excluding hydrogens is 387 g/mol. The van der Waals surface area contributed by atoms with Crippen molar-refractivity contribution in [1.82, 2.24) is 0 Å². The average Bonchev–Trinajstić information content (AvgIpc) is 2.61. The Morgan fingerprint density at radius 3 is 1.96 bits per heavy atom. The predicted molar refractivity (Wildman–Crippen MR) is 110 cm³/mol. The van der Waals surface area contributed by atoms with Gasteiger partial charge in [-0.25, -0.2) is 8.42 Å². The zero-order chi connectivity index (χ0) is 20.4. The second kappa shape index (κ2) is 19.9. The largest absolute Gasteiger partial charge is 1.00 e. The van der Waals surface area contributed by atoms with Crippen LogP contribution in [0, 0.1) is 0 Å². The van der Waals surface area contributed by atoms with Gasteiger partial charge in [-0.1, -0.05) is 89.0 Å². The molecule has 0 amide bonds.